The van der Waals surface area contributed by atoms with Gasteiger partial charge in [0.05, 0.1) is 30.1 Å². The maximum absolute atomic E-state index is 11.4. The highest BCUT2D eigenvalue weighted by Gasteiger charge is 2.25. The number of sulfone groups is 1. The van der Waals surface area contributed by atoms with Gasteiger partial charge in [0.25, 0.3) is 0 Å². The quantitative estimate of drug-likeness (QED) is 0.765. The zero-order valence-electron chi connectivity index (χ0n) is 11.2. The number of ether oxygens (including phenoxy) is 1. The molecular formula is C12H21N3O3S. The molecule has 0 radical (unpaired) electrons. The normalized spacial score (nSPS) is 19.6. The summed E-state index contributed by atoms with van der Waals surface area (Å²) in [6.07, 6.45) is 5.01. The molecule has 0 spiro atoms. The third-order valence-electron chi connectivity index (χ3n) is 3.45. The largest absolute Gasteiger partial charge is 0.383 e. The van der Waals surface area contributed by atoms with E-state index in [9.17, 15) is 8.42 Å². The van der Waals surface area contributed by atoms with Gasteiger partial charge in [-0.05, 0) is 12.8 Å². The van der Waals surface area contributed by atoms with Crippen LogP contribution in [0.4, 0.5) is 0 Å². The van der Waals surface area contributed by atoms with Crippen LogP contribution in [0.3, 0.4) is 0 Å². The van der Waals surface area contributed by atoms with E-state index >= 15 is 0 Å². The van der Waals surface area contributed by atoms with Gasteiger partial charge < -0.3 is 14.6 Å². The first-order valence-electron chi connectivity index (χ1n) is 6.53. The first-order chi connectivity index (χ1) is 9.12. The number of nitrogens with one attached hydrogen (secondary N) is 1. The molecule has 1 fully saturated rings. The predicted octanol–water partition coefficient (Wildman–Crippen LogP) is 0.369. The first-order valence-corrected chi connectivity index (χ1v) is 8.35. The highest BCUT2D eigenvalue weighted by atomic mass is 32.2. The maximum Gasteiger partial charge on any atom is 0.150 e. The van der Waals surface area contributed by atoms with E-state index < -0.39 is 9.84 Å². The second-order valence-electron chi connectivity index (χ2n) is 4.84. The summed E-state index contributed by atoms with van der Waals surface area (Å²) in [6, 6.07) is 0.255. The highest BCUT2D eigenvalue weighted by molar-refractivity contribution is 7.91. The van der Waals surface area contributed by atoms with Crippen LogP contribution in [0, 0.1) is 0 Å². The minimum atomic E-state index is -2.81. The Bertz CT molecular complexity index is 484. The second-order valence-corrected chi connectivity index (χ2v) is 7.15. The number of nitrogens with zero attached hydrogens (tertiary/aromatic N) is 2. The Morgan fingerprint density at radius 2 is 2.21 bits per heavy atom. The number of rotatable bonds is 6. The minimum absolute atomic E-state index is 0.255. The van der Waals surface area contributed by atoms with Gasteiger partial charge in [0.15, 0.2) is 0 Å². The lowest BCUT2D eigenvalue weighted by atomic mass is 10.1. The van der Waals surface area contributed by atoms with Crippen molar-refractivity contribution in [3.8, 4) is 0 Å². The second kappa shape index (κ2) is 6.49. The fourth-order valence-corrected chi connectivity index (χ4v) is 3.81. The fraction of sp³-hybridized carbons (Fsp3) is 0.750. The van der Waals surface area contributed by atoms with E-state index in [1.807, 2.05) is 6.20 Å². The lowest BCUT2D eigenvalue weighted by molar-refractivity contribution is 0.199. The zero-order chi connectivity index (χ0) is 13.7. The lowest BCUT2D eigenvalue weighted by Crippen LogP contribution is -2.27. The SMILES string of the molecule is COCCNCc1cncn1C1CCS(=O)(=O)CC1. The van der Waals surface area contributed by atoms with Crippen molar-refractivity contribution in [1.29, 1.82) is 0 Å². The van der Waals surface area contributed by atoms with Gasteiger partial charge in [0, 0.05) is 32.4 Å². The van der Waals surface area contributed by atoms with E-state index in [0.29, 0.717) is 19.4 Å². The molecule has 2 rings (SSSR count). The molecule has 1 aliphatic rings. The Morgan fingerprint density at radius 3 is 2.89 bits per heavy atom. The summed E-state index contributed by atoms with van der Waals surface area (Å²) in [7, 11) is -1.13. The van der Waals surface area contributed by atoms with Crippen molar-refractivity contribution in [2.75, 3.05) is 31.8 Å². The molecule has 1 aromatic heterocycles. The van der Waals surface area contributed by atoms with Gasteiger partial charge in [-0.15, -0.1) is 0 Å². The molecule has 2 heterocycles. The van der Waals surface area contributed by atoms with Gasteiger partial charge in [-0.3, -0.25) is 0 Å². The molecule has 1 N–H and O–H groups in total. The van der Waals surface area contributed by atoms with Crippen molar-refractivity contribution in [2.45, 2.75) is 25.4 Å². The molecule has 0 bridgehead atoms. The van der Waals surface area contributed by atoms with Crippen molar-refractivity contribution in [3.63, 3.8) is 0 Å². The molecule has 108 valence electrons. The van der Waals surface area contributed by atoms with Gasteiger partial charge in [-0.2, -0.15) is 0 Å². The Morgan fingerprint density at radius 1 is 1.47 bits per heavy atom. The monoisotopic (exact) mass is 287 g/mol. The Kier molecular flexibility index (Phi) is 4.95. The standard InChI is InChI=1S/C12H21N3O3S/c1-18-5-4-13-8-12-9-14-10-15(12)11-2-6-19(16,17)7-3-11/h9-11,13H,2-8H2,1H3. The molecule has 0 atom stereocenters. The van der Waals surface area contributed by atoms with Crippen molar-refractivity contribution >= 4 is 9.84 Å². The number of hydrogen-bond acceptors (Lipinski definition) is 5. The van der Waals surface area contributed by atoms with Crippen molar-refractivity contribution in [2.24, 2.45) is 0 Å². The predicted molar refractivity (Wildman–Crippen MR) is 72.7 cm³/mol. The smallest absolute Gasteiger partial charge is 0.150 e. The van der Waals surface area contributed by atoms with Crippen LogP contribution in [0.25, 0.3) is 0 Å². The number of methoxy groups -OCH3 is 1. The third kappa shape index (κ3) is 4.02. The van der Waals surface area contributed by atoms with Crippen LogP contribution in [-0.4, -0.2) is 49.7 Å². The molecule has 1 saturated heterocycles. The van der Waals surface area contributed by atoms with Gasteiger partial charge >= 0.3 is 0 Å². The molecule has 6 nitrogen and oxygen atoms in total. The Hall–Kier alpha value is -0.920. The van der Waals surface area contributed by atoms with E-state index in [2.05, 4.69) is 14.9 Å². The average molecular weight is 287 g/mol. The van der Waals surface area contributed by atoms with Crippen molar-refractivity contribution in [3.05, 3.63) is 18.2 Å². The molecule has 0 unspecified atom stereocenters. The summed E-state index contributed by atoms with van der Waals surface area (Å²) in [5, 5.41) is 3.28. The van der Waals surface area contributed by atoms with E-state index in [4.69, 9.17) is 4.74 Å². The fourth-order valence-electron chi connectivity index (χ4n) is 2.34. The topological polar surface area (TPSA) is 73.2 Å². The van der Waals surface area contributed by atoms with Crippen LogP contribution >= 0.6 is 0 Å². The summed E-state index contributed by atoms with van der Waals surface area (Å²) >= 11 is 0. The number of imidazole rings is 1. The first kappa shape index (κ1) is 14.5. The van der Waals surface area contributed by atoms with Gasteiger partial charge in [-0.1, -0.05) is 0 Å². The zero-order valence-corrected chi connectivity index (χ0v) is 12.0. The van der Waals surface area contributed by atoms with E-state index in [1.54, 1.807) is 13.4 Å². The van der Waals surface area contributed by atoms with E-state index in [0.717, 1.165) is 18.8 Å². The number of aromatic nitrogens is 2. The van der Waals surface area contributed by atoms with E-state index in [-0.39, 0.29) is 17.5 Å². The number of hydrogen-bond donors (Lipinski definition) is 1. The molecule has 7 heteroatoms. The van der Waals surface area contributed by atoms with Gasteiger partial charge in [0.1, 0.15) is 9.84 Å². The third-order valence-corrected chi connectivity index (χ3v) is 5.17. The molecule has 19 heavy (non-hydrogen) atoms. The van der Waals surface area contributed by atoms with Crippen LogP contribution in [0.5, 0.6) is 0 Å². The van der Waals surface area contributed by atoms with Crippen LogP contribution in [0.2, 0.25) is 0 Å². The molecule has 0 amide bonds. The van der Waals surface area contributed by atoms with Crippen LogP contribution in [0.1, 0.15) is 24.6 Å². The van der Waals surface area contributed by atoms with Crippen LogP contribution in [0.15, 0.2) is 12.5 Å². The van der Waals surface area contributed by atoms with Crippen LogP contribution in [-0.2, 0) is 21.1 Å². The minimum Gasteiger partial charge on any atom is -0.383 e. The average Bonchev–Trinajstić information content (AvgIpc) is 2.83. The van der Waals surface area contributed by atoms with Crippen molar-refractivity contribution < 1.29 is 13.2 Å². The summed E-state index contributed by atoms with van der Waals surface area (Å²) in [5.74, 6) is 0.568. The van der Waals surface area contributed by atoms with Gasteiger partial charge in [0.2, 0.25) is 0 Å². The Balaban J connectivity index is 1.92. The molecule has 0 aromatic carbocycles. The van der Waals surface area contributed by atoms with Crippen LogP contribution < -0.4 is 5.32 Å². The summed E-state index contributed by atoms with van der Waals surface area (Å²) in [4.78, 5) is 4.17. The van der Waals surface area contributed by atoms with Gasteiger partial charge in [-0.25, -0.2) is 13.4 Å². The van der Waals surface area contributed by atoms with Crippen molar-refractivity contribution in [1.82, 2.24) is 14.9 Å². The van der Waals surface area contributed by atoms with E-state index in [1.165, 1.54) is 0 Å². The molecule has 1 aliphatic heterocycles. The molecule has 0 aliphatic carbocycles. The molecular weight excluding hydrogens is 266 g/mol. The highest BCUT2D eigenvalue weighted by Crippen LogP contribution is 2.25. The maximum atomic E-state index is 11.4. The summed E-state index contributed by atoms with van der Waals surface area (Å²) < 4.78 is 30.0. The lowest BCUT2D eigenvalue weighted by Gasteiger charge is -2.25. The molecule has 0 saturated carbocycles. The summed E-state index contributed by atoms with van der Waals surface area (Å²) in [5.41, 5.74) is 1.10. The Labute approximate surface area is 114 Å². The summed E-state index contributed by atoms with van der Waals surface area (Å²) in [6.45, 7) is 2.20. The molecule has 1 aromatic rings.